The van der Waals surface area contributed by atoms with Crippen molar-refractivity contribution in [2.24, 2.45) is 7.05 Å². The van der Waals surface area contributed by atoms with Crippen molar-refractivity contribution in [2.75, 3.05) is 6.61 Å². The number of hydrogen-bond acceptors (Lipinski definition) is 3. The molecule has 2 heterocycles. The molecule has 2 rings (SSSR count). The van der Waals surface area contributed by atoms with Gasteiger partial charge in [-0.05, 0) is 26.0 Å². The molecular weight excluding hydrogens is 220 g/mol. The first-order valence-corrected chi connectivity index (χ1v) is 6.29. The first-order valence-electron chi connectivity index (χ1n) is 5.41. The molecule has 0 fully saturated rings. The largest absolute Gasteiger partial charge is 0.372 e. The van der Waals surface area contributed by atoms with E-state index in [-0.39, 0.29) is 6.10 Å². The van der Waals surface area contributed by atoms with Gasteiger partial charge >= 0.3 is 0 Å². The van der Waals surface area contributed by atoms with Crippen molar-refractivity contribution in [3.05, 3.63) is 28.7 Å². The normalized spacial score (nSPS) is 12.9. The third kappa shape index (κ3) is 2.18. The molecule has 0 bridgehead atoms. The summed E-state index contributed by atoms with van der Waals surface area (Å²) in [6, 6.07) is 4.10. The smallest absolute Gasteiger partial charge is 0.122 e. The minimum absolute atomic E-state index is 0.0871. The number of nitrogens with zero attached hydrogens (tertiary/aromatic N) is 2. The van der Waals surface area contributed by atoms with Crippen molar-refractivity contribution >= 4 is 11.3 Å². The van der Waals surface area contributed by atoms with E-state index in [1.165, 1.54) is 0 Å². The van der Waals surface area contributed by atoms with Crippen LogP contribution in [0.4, 0.5) is 0 Å². The number of hydrogen-bond donors (Lipinski definition) is 0. The highest BCUT2D eigenvalue weighted by atomic mass is 32.1. The molecule has 4 heteroatoms. The molecule has 0 aliphatic carbocycles. The van der Waals surface area contributed by atoms with Crippen molar-refractivity contribution < 1.29 is 4.74 Å². The van der Waals surface area contributed by atoms with Crippen molar-refractivity contribution in [2.45, 2.75) is 20.0 Å². The summed E-state index contributed by atoms with van der Waals surface area (Å²) in [6.45, 7) is 4.76. The zero-order valence-electron chi connectivity index (χ0n) is 9.80. The average Bonchev–Trinajstić information content (AvgIpc) is 2.86. The molecule has 2 aromatic rings. The van der Waals surface area contributed by atoms with Crippen LogP contribution >= 0.6 is 11.3 Å². The summed E-state index contributed by atoms with van der Waals surface area (Å²) >= 11 is 1.66. The maximum atomic E-state index is 5.53. The molecule has 1 atom stereocenters. The summed E-state index contributed by atoms with van der Waals surface area (Å²) in [7, 11) is 2.03. The van der Waals surface area contributed by atoms with Gasteiger partial charge in [0.2, 0.25) is 0 Å². The second-order valence-corrected chi connectivity index (χ2v) is 4.56. The van der Waals surface area contributed by atoms with Gasteiger partial charge in [0.25, 0.3) is 0 Å². The monoisotopic (exact) mass is 236 g/mol. The predicted molar refractivity (Wildman–Crippen MR) is 66.6 cm³/mol. The van der Waals surface area contributed by atoms with Crippen LogP contribution in [0.25, 0.3) is 11.4 Å². The minimum Gasteiger partial charge on any atom is -0.372 e. The fourth-order valence-electron chi connectivity index (χ4n) is 1.64. The van der Waals surface area contributed by atoms with Crippen LogP contribution in [-0.4, -0.2) is 16.2 Å². The Bertz CT molecular complexity index is 461. The highest BCUT2D eigenvalue weighted by Crippen LogP contribution is 2.26. The number of ether oxygens (including phenoxy) is 1. The van der Waals surface area contributed by atoms with Gasteiger partial charge in [-0.2, -0.15) is 0 Å². The van der Waals surface area contributed by atoms with Gasteiger partial charge in [-0.1, -0.05) is 0 Å². The summed E-state index contributed by atoms with van der Waals surface area (Å²) in [5.74, 6) is 0. The highest BCUT2D eigenvalue weighted by Gasteiger charge is 2.12. The Hall–Kier alpha value is -1.13. The maximum Gasteiger partial charge on any atom is 0.122 e. The molecule has 0 spiro atoms. The van der Waals surface area contributed by atoms with Gasteiger partial charge in [-0.3, -0.25) is 0 Å². The summed E-state index contributed by atoms with van der Waals surface area (Å²) in [4.78, 5) is 4.60. The third-order valence-electron chi connectivity index (χ3n) is 2.49. The summed E-state index contributed by atoms with van der Waals surface area (Å²) < 4.78 is 7.60. The maximum absolute atomic E-state index is 5.53. The third-order valence-corrected chi connectivity index (χ3v) is 3.50. The van der Waals surface area contributed by atoms with E-state index in [9.17, 15) is 0 Å². The van der Waals surface area contributed by atoms with Crippen LogP contribution in [0.3, 0.4) is 0 Å². The Kier molecular flexibility index (Phi) is 3.41. The summed E-state index contributed by atoms with van der Waals surface area (Å²) in [6.07, 6.45) is 2.12. The van der Waals surface area contributed by atoms with E-state index >= 15 is 0 Å². The van der Waals surface area contributed by atoms with Crippen LogP contribution in [0, 0.1) is 0 Å². The van der Waals surface area contributed by atoms with Crippen LogP contribution in [0.1, 0.15) is 25.0 Å². The van der Waals surface area contributed by atoms with Gasteiger partial charge in [0.1, 0.15) is 11.1 Å². The molecule has 0 saturated carbocycles. The van der Waals surface area contributed by atoms with Gasteiger partial charge in [0.15, 0.2) is 0 Å². The molecule has 3 nitrogen and oxygen atoms in total. The molecule has 0 radical (unpaired) electrons. The van der Waals surface area contributed by atoms with Gasteiger partial charge in [-0.25, -0.2) is 4.98 Å². The van der Waals surface area contributed by atoms with E-state index in [0.717, 1.165) is 23.0 Å². The van der Waals surface area contributed by atoms with Crippen molar-refractivity contribution in [1.29, 1.82) is 0 Å². The van der Waals surface area contributed by atoms with E-state index in [2.05, 4.69) is 21.0 Å². The number of thiazole rings is 1. The Morgan fingerprint density at radius 3 is 3.00 bits per heavy atom. The molecule has 0 aliphatic heterocycles. The SMILES string of the molecule is CCOC(C)c1nc(-c2cccn2C)cs1. The van der Waals surface area contributed by atoms with Gasteiger partial charge in [0, 0.05) is 25.2 Å². The van der Waals surface area contributed by atoms with Crippen LogP contribution in [0.2, 0.25) is 0 Å². The van der Waals surface area contributed by atoms with Crippen LogP contribution in [-0.2, 0) is 11.8 Å². The lowest BCUT2D eigenvalue weighted by Gasteiger charge is -2.07. The van der Waals surface area contributed by atoms with E-state index in [4.69, 9.17) is 4.74 Å². The molecule has 0 N–H and O–H groups in total. The number of aryl methyl sites for hydroxylation is 1. The lowest BCUT2D eigenvalue weighted by molar-refractivity contribution is 0.0762. The van der Waals surface area contributed by atoms with E-state index in [1.54, 1.807) is 11.3 Å². The minimum atomic E-state index is 0.0871. The van der Waals surface area contributed by atoms with Gasteiger partial charge in [0.05, 0.1) is 11.4 Å². The highest BCUT2D eigenvalue weighted by molar-refractivity contribution is 7.10. The van der Waals surface area contributed by atoms with Crippen LogP contribution < -0.4 is 0 Å². The first-order chi connectivity index (χ1) is 7.72. The second kappa shape index (κ2) is 4.80. The van der Waals surface area contributed by atoms with E-state index in [0.29, 0.717) is 0 Å². The van der Waals surface area contributed by atoms with E-state index in [1.807, 2.05) is 33.2 Å². The fourth-order valence-corrected chi connectivity index (χ4v) is 2.46. The molecule has 0 saturated heterocycles. The number of aromatic nitrogens is 2. The molecule has 2 aromatic heterocycles. The average molecular weight is 236 g/mol. The summed E-state index contributed by atoms with van der Waals surface area (Å²) in [5.41, 5.74) is 2.17. The van der Waals surface area contributed by atoms with Crippen LogP contribution in [0.15, 0.2) is 23.7 Å². The zero-order valence-corrected chi connectivity index (χ0v) is 10.6. The topological polar surface area (TPSA) is 27.1 Å². The standard InChI is InChI=1S/C12H16N2OS/c1-4-15-9(2)12-13-10(8-16-12)11-6-5-7-14(11)3/h5-9H,4H2,1-3H3. The van der Waals surface area contributed by atoms with Crippen molar-refractivity contribution in [1.82, 2.24) is 9.55 Å². The Labute approximate surface area is 99.7 Å². The molecule has 16 heavy (non-hydrogen) atoms. The molecule has 0 aromatic carbocycles. The lowest BCUT2D eigenvalue weighted by Crippen LogP contribution is -1.99. The quantitative estimate of drug-likeness (QED) is 0.814. The van der Waals surface area contributed by atoms with Gasteiger partial charge < -0.3 is 9.30 Å². The Morgan fingerprint density at radius 1 is 1.56 bits per heavy atom. The lowest BCUT2D eigenvalue weighted by atomic mass is 10.3. The second-order valence-electron chi connectivity index (χ2n) is 3.67. The van der Waals surface area contributed by atoms with Crippen LogP contribution in [0.5, 0.6) is 0 Å². The fraction of sp³-hybridized carbons (Fsp3) is 0.417. The molecule has 0 amide bonds. The molecule has 86 valence electrons. The molecular formula is C12H16N2OS. The van der Waals surface area contributed by atoms with Crippen molar-refractivity contribution in [3.8, 4) is 11.4 Å². The van der Waals surface area contributed by atoms with Crippen molar-refractivity contribution in [3.63, 3.8) is 0 Å². The van der Waals surface area contributed by atoms with Gasteiger partial charge in [-0.15, -0.1) is 11.3 Å². The zero-order chi connectivity index (χ0) is 11.5. The first kappa shape index (κ1) is 11.4. The predicted octanol–water partition coefficient (Wildman–Crippen LogP) is 3.25. The Balaban J connectivity index is 2.23. The number of rotatable bonds is 4. The summed E-state index contributed by atoms with van der Waals surface area (Å²) in [5, 5.41) is 3.12. The van der Waals surface area contributed by atoms with E-state index < -0.39 is 0 Å². The Morgan fingerprint density at radius 2 is 2.38 bits per heavy atom. The molecule has 0 aliphatic rings. The molecule has 1 unspecified atom stereocenters.